The van der Waals surface area contributed by atoms with Gasteiger partial charge in [0.25, 0.3) is 0 Å². The quantitative estimate of drug-likeness (QED) is 0.559. The van der Waals surface area contributed by atoms with Crippen LogP contribution in [0, 0.1) is 6.92 Å². The Balaban J connectivity index is 1.79. The summed E-state index contributed by atoms with van der Waals surface area (Å²) in [7, 11) is 2.08. The topological polar surface area (TPSA) is 21.3 Å². The monoisotopic (exact) mass is 334 g/mol. The first-order valence-electron chi connectivity index (χ1n) is 9.57. The molecule has 2 aliphatic rings. The van der Waals surface area contributed by atoms with E-state index >= 15 is 0 Å². The van der Waals surface area contributed by atoms with Crippen LogP contribution in [0.4, 0.5) is 5.69 Å². The third-order valence-corrected chi connectivity index (χ3v) is 6.49. The van der Waals surface area contributed by atoms with Crippen molar-refractivity contribution in [2.45, 2.75) is 57.5 Å². The second kappa shape index (κ2) is 5.17. The molecule has 3 aromatic rings. The SMILES string of the molecule is Cc1ccccc1N1[C@@H](C)c2oc3c(ccn3C)c2C12CCCCC2. The summed E-state index contributed by atoms with van der Waals surface area (Å²) in [6.45, 7) is 4.55. The van der Waals surface area contributed by atoms with E-state index in [4.69, 9.17) is 4.42 Å². The van der Waals surface area contributed by atoms with E-state index in [1.807, 2.05) is 0 Å². The van der Waals surface area contributed by atoms with Crippen LogP contribution in [0.1, 0.15) is 62.0 Å². The Morgan fingerprint density at radius 1 is 1.08 bits per heavy atom. The normalized spacial score (nSPS) is 22.0. The average molecular weight is 334 g/mol. The van der Waals surface area contributed by atoms with Crippen LogP contribution < -0.4 is 4.90 Å². The van der Waals surface area contributed by atoms with Crippen LogP contribution in [0.15, 0.2) is 40.9 Å². The van der Waals surface area contributed by atoms with Gasteiger partial charge in [0.1, 0.15) is 5.76 Å². The molecule has 3 heterocycles. The number of nitrogens with zero attached hydrogens (tertiary/aromatic N) is 2. The molecule has 25 heavy (non-hydrogen) atoms. The van der Waals surface area contributed by atoms with Gasteiger partial charge < -0.3 is 13.9 Å². The lowest BCUT2D eigenvalue weighted by Gasteiger charge is -2.45. The number of aromatic nitrogens is 1. The van der Waals surface area contributed by atoms with Gasteiger partial charge in [0.2, 0.25) is 5.71 Å². The molecular weight excluding hydrogens is 308 g/mol. The van der Waals surface area contributed by atoms with E-state index in [0.717, 1.165) is 5.71 Å². The highest BCUT2D eigenvalue weighted by Crippen LogP contribution is 2.58. The lowest BCUT2D eigenvalue weighted by atomic mass is 9.76. The molecule has 0 bridgehead atoms. The van der Waals surface area contributed by atoms with Gasteiger partial charge in [-0.05, 0) is 44.4 Å². The molecule has 0 radical (unpaired) electrons. The Kier molecular flexibility index (Phi) is 3.13. The first-order chi connectivity index (χ1) is 12.1. The Hall–Kier alpha value is -2.16. The fraction of sp³-hybridized carbons (Fsp3) is 0.455. The summed E-state index contributed by atoms with van der Waals surface area (Å²) in [4.78, 5) is 2.68. The molecule has 0 N–H and O–H groups in total. The van der Waals surface area contributed by atoms with Gasteiger partial charge in [-0.25, -0.2) is 0 Å². The Labute approximate surface area is 149 Å². The van der Waals surface area contributed by atoms with E-state index < -0.39 is 0 Å². The van der Waals surface area contributed by atoms with Gasteiger partial charge in [0.15, 0.2) is 0 Å². The predicted molar refractivity (Wildman–Crippen MR) is 102 cm³/mol. The number of aryl methyl sites for hydroxylation is 2. The van der Waals surface area contributed by atoms with Crippen molar-refractivity contribution in [1.82, 2.24) is 4.57 Å². The molecule has 0 unspecified atom stereocenters. The number of benzene rings is 1. The average Bonchev–Trinajstić information content (AvgIpc) is 3.23. The molecule has 3 nitrogen and oxygen atoms in total. The minimum absolute atomic E-state index is 0.0890. The number of furan rings is 1. The van der Waals surface area contributed by atoms with Crippen molar-refractivity contribution in [2.24, 2.45) is 7.05 Å². The highest BCUT2D eigenvalue weighted by molar-refractivity contribution is 5.85. The summed E-state index contributed by atoms with van der Waals surface area (Å²) in [6, 6.07) is 11.4. The molecule has 0 amide bonds. The molecule has 1 aliphatic heterocycles. The molecule has 2 aromatic heterocycles. The molecule has 1 fully saturated rings. The van der Waals surface area contributed by atoms with Crippen LogP contribution in [0.25, 0.3) is 11.1 Å². The van der Waals surface area contributed by atoms with E-state index in [-0.39, 0.29) is 11.6 Å². The number of rotatable bonds is 1. The van der Waals surface area contributed by atoms with Crippen molar-refractivity contribution in [2.75, 3.05) is 4.90 Å². The molecule has 3 heteroatoms. The second-order valence-corrected chi connectivity index (χ2v) is 7.91. The number of fused-ring (bicyclic) bond motifs is 4. The zero-order valence-electron chi connectivity index (χ0n) is 15.4. The van der Waals surface area contributed by atoms with Crippen molar-refractivity contribution in [3.8, 4) is 0 Å². The van der Waals surface area contributed by atoms with Crippen molar-refractivity contribution < 1.29 is 4.42 Å². The lowest BCUT2D eigenvalue weighted by molar-refractivity contribution is 0.285. The van der Waals surface area contributed by atoms with Gasteiger partial charge in [0.05, 0.1) is 11.6 Å². The number of hydrogen-bond acceptors (Lipinski definition) is 2. The largest absolute Gasteiger partial charge is 0.442 e. The predicted octanol–water partition coefficient (Wildman–Crippen LogP) is 5.82. The smallest absolute Gasteiger partial charge is 0.207 e. The molecule has 5 rings (SSSR count). The van der Waals surface area contributed by atoms with E-state index in [2.05, 4.69) is 66.9 Å². The van der Waals surface area contributed by atoms with Crippen molar-refractivity contribution >= 4 is 16.8 Å². The van der Waals surface area contributed by atoms with E-state index in [9.17, 15) is 0 Å². The van der Waals surface area contributed by atoms with Crippen LogP contribution >= 0.6 is 0 Å². The molecule has 1 saturated carbocycles. The third kappa shape index (κ3) is 1.87. The van der Waals surface area contributed by atoms with Gasteiger partial charge >= 0.3 is 0 Å². The van der Waals surface area contributed by atoms with Crippen LogP contribution in [0.3, 0.4) is 0 Å². The number of hydrogen-bond donors (Lipinski definition) is 0. The fourth-order valence-electron chi connectivity index (χ4n) is 5.40. The third-order valence-electron chi connectivity index (χ3n) is 6.49. The van der Waals surface area contributed by atoms with Gasteiger partial charge in [-0.1, -0.05) is 37.5 Å². The Morgan fingerprint density at radius 3 is 2.60 bits per heavy atom. The number of para-hydroxylation sites is 1. The summed E-state index contributed by atoms with van der Waals surface area (Å²) < 4.78 is 8.55. The minimum atomic E-state index is 0.0890. The highest BCUT2D eigenvalue weighted by Gasteiger charge is 2.53. The zero-order valence-corrected chi connectivity index (χ0v) is 15.4. The second-order valence-electron chi connectivity index (χ2n) is 7.91. The van der Waals surface area contributed by atoms with E-state index in [1.165, 1.54) is 60.1 Å². The van der Waals surface area contributed by atoms with Crippen LogP contribution in [0.5, 0.6) is 0 Å². The molecular formula is C22H26N2O. The molecule has 130 valence electrons. The van der Waals surface area contributed by atoms with Gasteiger partial charge in [0, 0.05) is 29.9 Å². The molecule has 1 aliphatic carbocycles. The minimum Gasteiger partial charge on any atom is -0.442 e. The summed E-state index contributed by atoms with van der Waals surface area (Å²) >= 11 is 0. The van der Waals surface area contributed by atoms with Crippen LogP contribution in [-0.2, 0) is 12.6 Å². The Bertz CT molecular complexity index is 942. The maximum atomic E-state index is 6.43. The standard InChI is InChI=1S/C22H26N2O/c1-15-9-5-6-10-18(15)24-16(2)20-19(22(24)12-7-4-8-13-22)17-11-14-23(3)21(17)25-20/h5-6,9-11,14,16H,4,7-8,12-13H2,1-3H3/t16-/m0/s1. The highest BCUT2D eigenvalue weighted by atomic mass is 16.4. The summed E-state index contributed by atoms with van der Waals surface area (Å²) in [5.74, 6) is 1.19. The van der Waals surface area contributed by atoms with Gasteiger partial charge in [-0.2, -0.15) is 0 Å². The first kappa shape index (κ1) is 15.1. The summed E-state index contributed by atoms with van der Waals surface area (Å²) in [6.07, 6.45) is 8.53. The maximum Gasteiger partial charge on any atom is 0.207 e. The summed E-state index contributed by atoms with van der Waals surface area (Å²) in [5.41, 5.74) is 5.32. The summed E-state index contributed by atoms with van der Waals surface area (Å²) in [5, 5.41) is 1.32. The molecule has 1 aromatic carbocycles. The zero-order chi connectivity index (χ0) is 17.2. The first-order valence-corrected chi connectivity index (χ1v) is 9.57. The molecule has 1 atom stereocenters. The van der Waals surface area contributed by atoms with Crippen LogP contribution in [-0.4, -0.2) is 4.57 Å². The van der Waals surface area contributed by atoms with Gasteiger partial charge in [-0.15, -0.1) is 0 Å². The van der Waals surface area contributed by atoms with Gasteiger partial charge in [-0.3, -0.25) is 0 Å². The number of anilines is 1. The molecule has 0 saturated heterocycles. The maximum absolute atomic E-state index is 6.43. The molecule has 1 spiro atoms. The Morgan fingerprint density at radius 2 is 1.84 bits per heavy atom. The van der Waals surface area contributed by atoms with Crippen LogP contribution in [0.2, 0.25) is 0 Å². The lowest BCUT2D eigenvalue weighted by Crippen LogP contribution is -2.44. The van der Waals surface area contributed by atoms with E-state index in [0.29, 0.717) is 0 Å². The van der Waals surface area contributed by atoms with Crippen molar-refractivity contribution in [3.63, 3.8) is 0 Å². The van der Waals surface area contributed by atoms with Crippen molar-refractivity contribution in [1.29, 1.82) is 0 Å². The van der Waals surface area contributed by atoms with Crippen molar-refractivity contribution in [3.05, 3.63) is 53.4 Å². The fourth-order valence-corrected chi connectivity index (χ4v) is 5.40. The van der Waals surface area contributed by atoms with E-state index in [1.54, 1.807) is 0 Å².